The van der Waals surface area contributed by atoms with Gasteiger partial charge in [0.15, 0.2) is 5.82 Å². The van der Waals surface area contributed by atoms with Gasteiger partial charge in [0.2, 0.25) is 0 Å². The van der Waals surface area contributed by atoms with Crippen LogP contribution in [0.15, 0.2) is 17.2 Å². The van der Waals surface area contributed by atoms with Crippen molar-refractivity contribution in [2.24, 2.45) is 0 Å². The summed E-state index contributed by atoms with van der Waals surface area (Å²) in [7, 11) is 0. The van der Waals surface area contributed by atoms with Gasteiger partial charge in [-0.15, -0.1) is 0 Å². The maximum Gasteiger partial charge on any atom is 0.326 e. The molecule has 1 heterocycles. The maximum atomic E-state index is 12.0. The molecule has 0 radical (unpaired) electrons. The minimum absolute atomic E-state index is 0.108. The highest BCUT2D eigenvalue weighted by molar-refractivity contribution is 5.69. The third kappa shape index (κ3) is 5.40. The highest BCUT2D eigenvalue weighted by Crippen LogP contribution is 1.95. The van der Waals surface area contributed by atoms with Crippen molar-refractivity contribution in [3.05, 3.63) is 22.7 Å². The summed E-state index contributed by atoms with van der Waals surface area (Å²) < 4.78 is 11.3. The first-order chi connectivity index (χ1) is 9.69. The van der Waals surface area contributed by atoms with Crippen molar-refractivity contribution in [3.63, 3.8) is 0 Å². The summed E-state index contributed by atoms with van der Waals surface area (Å²) >= 11 is 0. The average Bonchev–Trinajstić information content (AvgIpc) is 2.42. The summed E-state index contributed by atoms with van der Waals surface area (Å²) in [6.07, 6.45) is 3.72. The molecule has 0 aliphatic rings. The van der Waals surface area contributed by atoms with Crippen molar-refractivity contribution in [2.75, 3.05) is 31.7 Å². The number of esters is 1. The Morgan fingerprint density at radius 2 is 2.20 bits per heavy atom. The Hall–Kier alpha value is -1.89. The van der Waals surface area contributed by atoms with Gasteiger partial charge in [-0.25, -0.2) is 4.98 Å². The predicted octanol–water partition coefficient (Wildman–Crippen LogP) is 0.645. The fourth-order valence-electron chi connectivity index (χ4n) is 1.56. The summed E-state index contributed by atoms with van der Waals surface area (Å²) in [5, 5.41) is 2.94. The normalized spacial score (nSPS) is 10.3. The molecule has 7 nitrogen and oxygen atoms in total. The lowest BCUT2D eigenvalue weighted by atomic mass is 10.4. The molecule has 1 aromatic heterocycles. The van der Waals surface area contributed by atoms with E-state index in [0.717, 1.165) is 6.42 Å². The number of carbonyl (C=O) groups excluding carboxylic acids is 1. The number of nitrogens with one attached hydrogen (secondary N) is 1. The van der Waals surface area contributed by atoms with Gasteiger partial charge in [-0.05, 0) is 20.3 Å². The van der Waals surface area contributed by atoms with Crippen molar-refractivity contribution >= 4 is 11.8 Å². The number of carbonyl (C=O) groups is 1. The first-order valence-electron chi connectivity index (χ1n) is 6.71. The minimum atomic E-state index is -0.442. The molecule has 1 rings (SSSR count). The Balaban J connectivity index is 2.56. The highest BCUT2D eigenvalue weighted by atomic mass is 16.5. The van der Waals surface area contributed by atoms with Crippen LogP contribution in [-0.4, -0.2) is 41.9 Å². The minimum Gasteiger partial charge on any atom is -0.465 e. The van der Waals surface area contributed by atoms with Crippen molar-refractivity contribution < 1.29 is 14.3 Å². The molecule has 0 aliphatic carbocycles. The molecule has 0 amide bonds. The van der Waals surface area contributed by atoms with Crippen LogP contribution >= 0.6 is 0 Å². The number of rotatable bonds is 9. The van der Waals surface area contributed by atoms with Gasteiger partial charge in [0.05, 0.1) is 6.61 Å². The molecule has 20 heavy (non-hydrogen) atoms. The zero-order valence-electron chi connectivity index (χ0n) is 11.9. The molecular formula is C13H21N3O4. The van der Waals surface area contributed by atoms with Crippen LogP contribution < -0.4 is 10.9 Å². The van der Waals surface area contributed by atoms with Gasteiger partial charge in [0.1, 0.15) is 6.54 Å². The SMILES string of the molecule is CCOCCCNc1nccn(CC(=O)OCC)c1=O. The molecule has 0 aliphatic heterocycles. The van der Waals surface area contributed by atoms with Gasteiger partial charge in [0, 0.05) is 32.2 Å². The van der Waals surface area contributed by atoms with E-state index in [0.29, 0.717) is 26.4 Å². The monoisotopic (exact) mass is 283 g/mol. The third-order valence-electron chi connectivity index (χ3n) is 2.48. The lowest BCUT2D eigenvalue weighted by molar-refractivity contribution is -0.143. The van der Waals surface area contributed by atoms with E-state index < -0.39 is 5.97 Å². The number of ether oxygens (including phenoxy) is 2. The van der Waals surface area contributed by atoms with Crippen LogP contribution in [0.2, 0.25) is 0 Å². The molecule has 1 aromatic rings. The van der Waals surface area contributed by atoms with E-state index in [-0.39, 0.29) is 17.9 Å². The standard InChI is InChI=1S/C13H21N3O4/c1-3-19-9-5-6-14-12-13(18)16(8-7-15-12)10-11(17)20-4-2/h7-8H,3-6,9-10H2,1-2H3,(H,14,15). The van der Waals surface area contributed by atoms with Gasteiger partial charge in [0.25, 0.3) is 5.56 Å². The van der Waals surface area contributed by atoms with Crippen LogP contribution in [0.5, 0.6) is 0 Å². The molecule has 0 saturated heterocycles. The number of hydrogen-bond acceptors (Lipinski definition) is 6. The number of hydrogen-bond donors (Lipinski definition) is 1. The summed E-state index contributed by atoms with van der Waals surface area (Å²) in [5.74, 6) is -0.212. The van der Waals surface area contributed by atoms with Gasteiger partial charge in [-0.3, -0.25) is 14.2 Å². The van der Waals surface area contributed by atoms with Crippen molar-refractivity contribution in [2.45, 2.75) is 26.8 Å². The van der Waals surface area contributed by atoms with Crippen LogP contribution in [-0.2, 0) is 20.8 Å². The van der Waals surface area contributed by atoms with E-state index in [9.17, 15) is 9.59 Å². The smallest absolute Gasteiger partial charge is 0.326 e. The number of anilines is 1. The quantitative estimate of drug-likeness (QED) is 0.529. The number of aromatic nitrogens is 2. The average molecular weight is 283 g/mol. The Kier molecular flexibility index (Phi) is 7.34. The number of nitrogens with zero attached hydrogens (tertiary/aromatic N) is 2. The molecule has 1 N–H and O–H groups in total. The highest BCUT2D eigenvalue weighted by Gasteiger charge is 2.08. The van der Waals surface area contributed by atoms with Crippen LogP contribution in [0.1, 0.15) is 20.3 Å². The van der Waals surface area contributed by atoms with E-state index in [4.69, 9.17) is 9.47 Å². The molecule has 0 spiro atoms. The van der Waals surface area contributed by atoms with Gasteiger partial charge in [-0.1, -0.05) is 0 Å². The van der Waals surface area contributed by atoms with Gasteiger partial charge < -0.3 is 14.8 Å². The lowest BCUT2D eigenvalue weighted by Gasteiger charge is -2.08. The van der Waals surface area contributed by atoms with Crippen LogP contribution in [0, 0.1) is 0 Å². The van der Waals surface area contributed by atoms with E-state index >= 15 is 0 Å². The molecule has 0 fully saturated rings. The Bertz CT molecular complexity index is 473. The van der Waals surface area contributed by atoms with E-state index in [1.165, 1.54) is 17.0 Å². The summed E-state index contributed by atoms with van der Waals surface area (Å²) in [4.78, 5) is 27.4. The Morgan fingerprint density at radius 1 is 1.40 bits per heavy atom. The van der Waals surface area contributed by atoms with Crippen LogP contribution in [0.4, 0.5) is 5.82 Å². The van der Waals surface area contributed by atoms with Crippen molar-refractivity contribution in [1.29, 1.82) is 0 Å². The summed E-state index contributed by atoms with van der Waals surface area (Å²) in [6, 6.07) is 0. The zero-order chi connectivity index (χ0) is 14.8. The lowest BCUT2D eigenvalue weighted by Crippen LogP contribution is -2.28. The molecule has 112 valence electrons. The Labute approximate surface area is 117 Å². The van der Waals surface area contributed by atoms with Crippen LogP contribution in [0.25, 0.3) is 0 Å². The molecular weight excluding hydrogens is 262 g/mol. The molecule has 0 saturated carbocycles. The second kappa shape index (κ2) is 9.08. The van der Waals surface area contributed by atoms with E-state index in [1.807, 2.05) is 6.92 Å². The van der Waals surface area contributed by atoms with Gasteiger partial charge in [-0.2, -0.15) is 0 Å². The maximum absolute atomic E-state index is 12.0. The summed E-state index contributed by atoms with van der Waals surface area (Å²) in [5.41, 5.74) is -0.336. The fraction of sp³-hybridized carbons (Fsp3) is 0.615. The molecule has 0 bridgehead atoms. The van der Waals surface area contributed by atoms with Crippen LogP contribution in [0.3, 0.4) is 0 Å². The van der Waals surface area contributed by atoms with E-state index in [2.05, 4.69) is 10.3 Å². The first-order valence-corrected chi connectivity index (χ1v) is 6.71. The second-order valence-electron chi connectivity index (χ2n) is 3.99. The molecule has 0 atom stereocenters. The summed E-state index contributed by atoms with van der Waals surface area (Å²) in [6.45, 7) is 5.73. The predicted molar refractivity (Wildman–Crippen MR) is 74.7 cm³/mol. The van der Waals surface area contributed by atoms with Crippen molar-refractivity contribution in [3.8, 4) is 0 Å². The molecule has 0 unspecified atom stereocenters. The van der Waals surface area contributed by atoms with Gasteiger partial charge >= 0.3 is 5.97 Å². The molecule has 0 aromatic carbocycles. The fourth-order valence-corrected chi connectivity index (χ4v) is 1.56. The second-order valence-corrected chi connectivity index (χ2v) is 3.99. The third-order valence-corrected chi connectivity index (χ3v) is 2.48. The topological polar surface area (TPSA) is 82.4 Å². The largest absolute Gasteiger partial charge is 0.465 e. The zero-order valence-corrected chi connectivity index (χ0v) is 11.9. The van der Waals surface area contributed by atoms with E-state index in [1.54, 1.807) is 6.92 Å². The first kappa shape index (κ1) is 16.2. The Morgan fingerprint density at radius 3 is 2.90 bits per heavy atom. The van der Waals surface area contributed by atoms with Crippen molar-refractivity contribution in [1.82, 2.24) is 9.55 Å². The molecule has 7 heteroatoms.